The fourth-order valence-electron chi connectivity index (χ4n) is 3.42. The molecular weight excluding hydrogens is 334 g/mol. The predicted octanol–water partition coefficient (Wildman–Crippen LogP) is 2.50. The van der Waals surface area contributed by atoms with Crippen LogP contribution in [0.25, 0.3) is 16.8 Å². The van der Waals surface area contributed by atoms with E-state index in [1.54, 1.807) is 6.34 Å². The van der Waals surface area contributed by atoms with Crippen molar-refractivity contribution in [3.8, 4) is 0 Å². The highest BCUT2D eigenvalue weighted by Gasteiger charge is 2.23. The number of aliphatic imine (C=N–C) groups is 1. The Morgan fingerprint density at radius 2 is 1.81 bits per heavy atom. The number of rotatable bonds is 2. The minimum atomic E-state index is -0.793. The van der Waals surface area contributed by atoms with Crippen LogP contribution in [0.5, 0.6) is 0 Å². The summed E-state index contributed by atoms with van der Waals surface area (Å²) in [7, 11) is 0. The lowest BCUT2D eigenvalue weighted by molar-refractivity contribution is 0.341. The third-order valence-corrected chi connectivity index (χ3v) is 4.75. The van der Waals surface area contributed by atoms with Gasteiger partial charge in [-0.2, -0.15) is 5.10 Å². The van der Waals surface area contributed by atoms with Crippen molar-refractivity contribution >= 4 is 23.2 Å². The van der Waals surface area contributed by atoms with Gasteiger partial charge in [0.15, 0.2) is 5.49 Å². The van der Waals surface area contributed by atoms with Gasteiger partial charge >= 0.3 is 0 Å². The normalized spacial score (nSPS) is 19.3. The van der Waals surface area contributed by atoms with Gasteiger partial charge in [-0.15, -0.1) is 0 Å². The molecule has 0 aliphatic carbocycles. The summed E-state index contributed by atoms with van der Waals surface area (Å²) in [6.07, 6.45) is 4.24. The lowest BCUT2D eigenvalue weighted by Gasteiger charge is -2.19. The largest absolute Gasteiger partial charge is 0.304 e. The Bertz CT molecular complexity index is 1160. The molecule has 5 nitrogen and oxygen atoms in total. The van der Waals surface area contributed by atoms with E-state index in [4.69, 9.17) is 10.8 Å². The van der Waals surface area contributed by atoms with Crippen molar-refractivity contribution in [2.75, 3.05) is 0 Å². The van der Waals surface area contributed by atoms with Crippen LogP contribution in [0.1, 0.15) is 39.0 Å². The lowest BCUT2D eigenvalue weighted by Crippen LogP contribution is -2.41. The van der Waals surface area contributed by atoms with E-state index < -0.39 is 5.66 Å². The van der Waals surface area contributed by atoms with E-state index in [9.17, 15) is 0 Å². The molecule has 4 rings (SSSR count). The second-order valence-corrected chi connectivity index (χ2v) is 8.37. The van der Waals surface area contributed by atoms with Crippen LogP contribution in [0.3, 0.4) is 0 Å². The number of fused-ring (bicyclic) bond motifs is 2. The maximum atomic E-state index is 6.30. The van der Waals surface area contributed by atoms with Gasteiger partial charge < -0.3 is 5.73 Å². The quantitative estimate of drug-likeness (QED) is 0.764. The van der Waals surface area contributed by atoms with Crippen LogP contribution in [0.2, 0.25) is 0 Å². The molecule has 1 aromatic heterocycles. The van der Waals surface area contributed by atoms with Gasteiger partial charge in [-0.05, 0) is 50.1 Å². The monoisotopic (exact) mass is 359 g/mol. The average Bonchev–Trinajstić information content (AvgIpc) is 2.83. The van der Waals surface area contributed by atoms with Gasteiger partial charge in [0, 0.05) is 11.6 Å². The predicted molar refractivity (Wildman–Crippen MR) is 110 cm³/mol. The van der Waals surface area contributed by atoms with E-state index >= 15 is 0 Å². The Morgan fingerprint density at radius 1 is 1.07 bits per heavy atom. The van der Waals surface area contributed by atoms with Crippen molar-refractivity contribution in [3.63, 3.8) is 0 Å². The zero-order valence-electron chi connectivity index (χ0n) is 16.3. The molecule has 3 aromatic rings. The Hall–Kier alpha value is -2.79. The molecule has 138 valence electrons. The highest BCUT2D eigenvalue weighted by Crippen LogP contribution is 2.18. The second-order valence-electron chi connectivity index (χ2n) is 8.37. The van der Waals surface area contributed by atoms with Crippen molar-refractivity contribution in [1.29, 1.82) is 0 Å². The fraction of sp³-hybridized carbons (Fsp3) is 0.318. The van der Waals surface area contributed by atoms with Crippen LogP contribution in [0.4, 0.5) is 0 Å². The van der Waals surface area contributed by atoms with Crippen LogP contribution in [0, 0.1) is 0 Å². The Balaban J connectivity index is 1.88. The summed E-state index contributed by atoms with van der Waals surface area (Å²) in [5.74, 6) is 0. The highest BCUT2D eigenvalue weighted by atomic mass is 15.3. The standard InChI is InChI=1S/C22H25N5/c1-21(2,3)27-20-18(13-22(4,23)25-14-24-20)19(26-27)12-15-9-10-16-7-5-6-8-17(16)11-15/h5-11,13-14H,12,23H2,1-4H3. The Morgan fingerprint density at radius 3 is 2.56 bits per heavy atom. The molecule has 1 aliphatic rings. The summed E-state index contributed by atoms with van der Waals surface area (Å²) in [6.45, 7) is 8.25. The van der Waals surface area contributed by atoms with Crippen LogP contribution < -0.4 is 16.4 Å². The fourth-order valence-corrected chi connectivity index (χ4v) is 3.42. The van der Waals surface area contributed by atoms with Crippen LogP contribution in [-0.4, -0.2) is 21.8 Å². The van der Waals surface area contributed by atoms with Crippen LogP contribution >= 0.6 is 0 Å². The van der Waals surface area contributed by atoms with Crippen molar-refractivity contribution in [3.05, 3.63) is 64.4 Å². The molecule has 0 saturated heterocycles. The van der Waals surface area contributed by atoms with E-state index in [2.05, 4.69) is 73.2 Å². The van der Waals surface area contributed by atoms with Gasteiger partial charge in [-0.25, -0.2) is 14.7 Å². The lowest BCUT2D eigenvalue weighted by atomic mass is 10.0. The third-order valence-electron chi connectivity index (χ3n) is 4.75. The molecule has 1 aliphatic heterocycles. The topological polar surface area (TPSA) is 68.6 Å². The molecule has 2 aromatic carbocycles. The molecule has 1 atom stereocenters. The maximum Gasteiger partial charge on any atom is 0.160 e. The zero-order valence-corrected chi connectivity index (χ0v) is 16.3. The Kier molecular flexibility index (Phi) is 4.00. The first-order chi connectivity index (χ1) is 12.7. The molecule has 0 saturated carbocycles. The number of aromatic nitrogens is 2. The minimum absolute atomic E-state index is 0.188. The molecule has 2 N–H and O–H groups in total. The summed E-state index contributed by atoms with van der Waals surface area (Å²) in [5.41, 5.74) is 8.32. The van der Waals surface area contributed by atoms with Crippen LogP contribution in [-0.2, 0) is 12.0 Å². The first-order valence-corrected chi connectivity index (χ1v) is 9.22. The number of nitrogens with zero attached hydrogens (tertiary/aromatic N) is 4. The smallest absolute Gasteiger partial charge is 0.160 e. The number of hydrogen-bond acceptors (Lipinski definition) is 4. The molecule has 0 fully saturated rings. The van der Waals surface area contributed by atoms with E-state index in [0.717, 1.165) is 22.8 Å². The van der Waals surface area contributed by atoms with Gasteiger partial charge in [0.1, 0.15) is 12.0 Å². The molecule has 2 heterocycles. The van der Waals surface area contributed by atoms with E-state index in [1.807, 2.05) is 17.7 Å². The second kappa shape index (κ2) is 6.13. The van der Waals surface area contributed by atoms with Crippen molar-refractivity contribution in [2.24, 2.45) is 15.7 Å². The van der Waals surface area contributed by atoms with Gasteiger partial charge in [-0.3, -0.25) is 0 Å². The molecule has 0 radical (unpaired) electrons. The van der Waals surface area contributed by atoms with Gasteiger partial charge in [0.25, 0.3) is 0 Å². The van der Waals surface area contributed by atoms with E-state index in [-0.39, 0.29) is 5.54 Å². The summed E-state index contributed by atoms with van der Waals surface area (Å²) >= 11 is 0. The Labute approximate surface area is 158 Å². The summed E-state index contributed by atoms with van der Waals surface area (Å²) < 4.78 is 1.97. The highest BCUT2D eigenvalue weighted by molar-refractivity contribution is 5.83. The molecule has 1 unspecified atom stereocenters. The summed E-state index contributed by atoms with van der Waals surface area (Å²) in [6, 6.07) is 14.9. The average molecular weight is 359 g/mol. The molecule has 0 amide bonds. The molecule has 27 heavy (non-hydrogen) atoms. The molecular formula is C22H25N5. The molecule has 0 spiro atoms. The van der Waals surface area contributed by atoms with Crippen molar-refractivity contribution < 1.29 is 0 Å². The van der Waals surface area contributed by atoms with Gasteiger partial charge in [0.2, 0.25) is 0 Å². The number of nitrogens with two attached hydrogens (primary N) is 1. The number of benzene rings is 2. The van der Waals surface area contributed by atoms with Gasteiger partial charge in [0.05, 0.1) is 11.2 Å². The SMILES string of the molecule is CC1(N)C=c2c(Cc3ccc4ccccc4c3)nn(C(C)(C)C)c2=NC=N1. The summed E-state index contributed by atoms with van der Waals surface area (Å²) in [4.78, 5) is 8.90. The first-order valence-electron chi connectivity index (χ1n) is 9.22. The number of hydrogen-bond donors (Lipinski definition) is 1. The molecule has 5 heteroatoms. The van der Waals surface area contributed by atoms with Crippen LogP contribution in [0.15, 0.2) is 52.4 Å². The van der Waals surface area contributed by atoms with E-state index in [1.165, 1.54) is 16.3 Å². The van der Waals surface area contributed by atoms with E-state index in [0.29, 0.717) is 0 Å². The zero-order chi connectivity index (χ0) is 19.2. The van der Waals surface area contributed by atoms with Gasteiger partial charge in [-0.1, -0.05) is 42.5 Å². The first kappa shape index (κ1) is 17.6. The summed E-state index contributed by atoms with van der Waals surface area (Å²) in [5, 5.41) is 8.37. The third kappa shape index (κ3) is 3.43. The van der Waals surface area contributed by atoms with Crippen molar-refractivity contribution in [1.82, 2.24) is 9.78 Å². The van der Waals surface area contributed by atoms with Crippen molar-refractivity contribution in [2.45, 2.75) is 45.3 Å². The molecule has 0 bridgehead atoms. The minimum Gasteiger partial charge on any atom is -0.304 e. The maximum absolute atomic E-state index is 6.30.